The first-order valence-electron chi connectivity index (χ1n) is 6.37. The SMILES string of the molecule is COCCn1c(N)c(NCc2cccnc2)c(=O)[nH]c1=O. The van der Waals surface area contributed by atoms with Gasteiger partial charge in [0, 0.05) is 26.0 Å². The maximum absolute atomic E-state index is 11.8. The molecular formula is C13H17N5O3. The molecule has 0 saturated carbocycles. The number of nitrogens with one attached hydrogen (secondary N) is 2. The number of nitrogen functional groups attached to an aromatic ring is 1. The van der Waals surface area contributed by atoms with Gasteiger partial charge in [0.2, 0.25) is 0 Å². The van der Waals surface area contributed by atoms with E-state index >= 15 is 0 Å². The molecule has 8 heteroatoms. The molecule has 0 aromatic carbocycles. The molecular weight excluding hydrogens is 274 g/mol. The minimum atomic E-state index is -0.554. The van der Waals surface area contributed by atoms with Crippen LogP contribution in [0.4, 0.5) is 11.5 Å². The van der Waals surface area contributed by atoms with Crippen LogP contribution in [0.2, 0.25) is 0 Å². The Hall–Kier alpha value is -2.61. The van der Waals surface area contributed by atoms with Crippen LogP contribution < -0.4 is 22.3 Å². The summed E-state index contributed by atoms with van der Waals surface area (Å²) < 4.78 is 6.18. The quantitative estimate of drug-likeness (QED) is 0.677. The van der Waals surface area contributed by atoms with Crippen molar-refractivity contribution in [3.05, 3.63) is 50.9 Å². The predicted molar refractivity (Wildman–Crippen MR) is 79.2 cm³/mol. The van der Waals surface area contributed by atoms with Crippen molar-refractivity contribution in [1.82, 2.24) is 14.5 Å². The van der Waals surface area contributed by atoms with E-state index in [1.54, 1.807) is 18.5 Å². The number of hydrogen-bond acceptors (Lipinski definition) is 6. The molecule has 8 nitrogen and oxygen atoms in total. The molecule has 0 aliphatic heterocycles. The van der Waals surface area contributed by atoms with Crippen LogP contribution in [0.25, 0.3) is 0 Å². The van der Waals surface area contributed by atoms with Gasteiger partial charge in [0.1, 0.15) is 11.5 Å². The van der Waals surface area contributed by atoms with Crippen molar-refractivity contribution in [3.63, 3.8) is 0 Å². The fourth-order valence-electron chi connectivity index (χ4n) is 1.86. The Bertz CT molecular complexity index is 708. The third-order valence-electron chi connectivity index (χ3n) is 2.95. The van der Waals surface area contributed by atoms with Crippen LogP contribution in [-0.2, 0) is 17.8 Å². The second kappa shape index (κ2) is 6.71. The summed E-state index contributed by atoms with van der Waals surface area (Å²) in [5.41, 5.74) is 5.85. The Balaban J connectivity index is 2.26. The second-order valence-electron chi connectivity index (χ2n) is 4.38. The van der Waals surface area contributed by atoms with Gasteiger partial charge in [-0.15, -0.1) is 0 Å². The molecule has 0 amide bonds. The van der Waals surface area contributed by atoms with E-state index in [2.05, 4.69) is 15.3 Å². The highest BCUT2D eigenvalue weighted by Gasteiger charge is 2.11. The van der Waals surface area contributed by atoms with Gasteiger partial charge in [0.15, 0.2) is 0 Å². The first-order valence-corrected chi connectivity index (χ1v) is 6.37. The third kappa shape index (κ3) is 3.48. The Kier molecular flexibility index (Phi) is 4.72. The summed E-state index contributed by atoms with van der Waals surface area (Å²) >= 11 is 0. The van der Waals surface area contributed by atoms with Crippen molar-refractivity contribution in [2.75, 3.05) is 24.8 Å². The predicted octanol–water partition coefficient (Wildman–Crippen LogP) is -0.228. The summed E-state index contributed by atoms with van der Waals surface area (Å²) in [5.74, 6) is 0.0877. The summed E-state index contributed by atoms with van der Waals surface area (Å²) in [4.78, 5) is 29.8. The smallest absolute Gasteiger partial charge is 0.330 e. The summed E-state index contributed by atoms with van der Waals surface area (Å²) in [7, 11) is 1.52. The van der Waals surface area contributed by atoms with E-state index < -0.39 is 11.2 Å². The number of pyridine rings is 1. The van der Waals surface area contributed by atoms with E-state index in [0.29, 0.717) is 13.2 Å². The molecule has 2 aromatic heterocycles. The zero-order valence-electron chi connectivity index (χ0n) is 11.6. The highest BCUT2D eigenvalue weighted by atomic mass is 16.5. The summed E-state index contributed by atoms with van der Waals surface area (Å²) in [6.07, 6.45) is 3.34. The van der Waals surface area contributed by atoms with E-state index in [9.17, 15) is 9.59 Å². The maximum atomic E-state index is 11.8. The van der Waals surface area contributed by atoms with E-state index in [4.69, 9.17) is 10.5 Å². The van der Waals surface area contributed by atoms with Crippen molar-refractivity contribution in [1.29, 1.82) is 0 Å². The van der Waals surface area contributed by atoms with Crippen LogP contribution in [0, 0.1) is 0 Å². The van der Waals surface area contributed by atoms with Crippen LogP contribution in [-0.4, -0.2) is 28.3 Å². The minimum Gasteiger partial charge on any atom is -0.383 e. The van der Waals surface area contributed by atoms with Crippen LogP contribution in [0.3, 0.4) is 0 Å². The van der Waals surface area contributed by atoms with Crippen molar-refractivity contribution >= 4 is 11.5 Å². The lowest BCUT2D eigenvalue weighted by atomic mass is 10.3. The fraction of sp³-hybridized carbons (Fsp3) is 0.308. The number of nitrogens with two attached hydrogens (primary N) is 1. The van der Waals surface area contributed by atoms with Crippen LogP contribution in [0.1, 0.15) is 5.56 Å². The fourth-order valence-corrected chi connectivity index (χ4v) is 1.86. The van der Waals surface area contributed by atoms with E-state index in [1.165, 1.54) is 11.7 Å². The van der Waals surface area contributed by atoms with Crippen LogP contribution >= 0.6 is 0 Å². The lowest BCUT2D eigenvalue weighted by molar-refractivity contribution is 0.186. The number of aromatic nitrogens is 3. The van der Waals surface area contributed by atoms with E-state index in [1.807, 2.05) is 6.07 Å². The Morgan fingerprint density at radius 1 is 1.48 bits per heavy atom. The average molecular weight is 291 g/mol. The zero-order chi connectivity index (χ0) is 15.2. The molecule has 112 valence electrons. The van der Waals surface area contributed by atoms with E-state index in [-0.39, 0.29) is 18.1 Å². The Morgan fingerprint density at radius 2 is 2.29 bits per heavy atom. The van der Waals surface area contributed by atoms with Gasteiger partial charge in [-0.25, -0.2) is 4.79 Å². The average Bonchev–Trinajstić information content (AvgIpc) is 2.47. The number of anilines is 2. The number of aromatic amines is 1. The van der Waals surface area contributed by atoms with Gasteiger partial charge in [-0.3, -0.25) is 19.3 Å². The molecule has 0 spiro atoms. The van der Waals surface area contributed by atoms with Gasteiger partial charge in [0.05, 0.1) is 13.2 Å². The zero-order valence-corrected chi connectivity index (χ0v) is 11.6. The van der Waals surface area contributed by atoms with Crippen molar-refractivity contribution < 1.29 is 4.74 Å². The van der Waals surface area contributed by atoms with Crippen LogP contribution in [0.5, 0.6) is 0 Å². The standard InChI is InChI=1S/C13H17N5O3/c1-21-6-5-18-11(14)10(12(19)17-13(18)20)16-8-9-3-2-4-15-7-9/h2-4,7,16H,5-6,8,14H2,1H3,(H,17,19,20). The molecule has 2 aromatic rings. The molecule has 0 bridgehead atoms. The van der Waals surface area contributed by atoms with Gasteiger partial charge in [0.25, 0.3) is 5.56 Å². The maximum Gasteiger partial charge on any atom is 0.330 e. The van der Waals surface area contributed by atoms with Crippen molar-refractivity contribution in [2.24, 2.45) is 0 Å². The number of hydrogen-bond donors (Lipinski definition) is 3. The lowest BCUT2D eigenvalue weighted by Gasteiger charge is -2.13. The first kappa shape index (κ1) is 14.8. The number of ether oxygens (including phenoxy) is 1. The highest BCUT2D eigenvalue weighted by Crippen LogP contribution is 2.11. The molecule has 0 aliphatic carbocycles. The molecule has 4 N–H and O–H groups in total. The van der Waals surface area contributed by atoms with Gasteiger partial charge in [-0.05, 0) is 11.6 Å². The third-order valence-corrected chi connectivity index (χ3v) is 2.95. The van der Waals surface area contributed by atoms with Crippen molar-refractivity contribution in [3.8, 4) is 0 Å². The Morgan fingerprint density at radius 3 is 2.95 bits per heavy atom. The summed E-state index contributed by atoms with van der Waals surface area (Å²) in [6, 6.07) is 3.66. The van der Waals surface area contributed by atoms with Gasteiger partial charge in [-0.1, -0.05) is 6.07 Å². The molecule has 0 unspecified atom stereocenters. The van der Waals surface area contributed by atoms with Crippen LogP contribution in [0.15, 0.2) is 34.1 Å². The molecule has 0 fully saturated rings. The molecule has 0 saturated heterocycles. The topological polar surface area (TPSA) is 115 Å². The van der Waals surface area contributed by atoms with E-state index in [0.717, 1.165) is 5.56 Å². The normalized spacial score (nSPS) is 10.5. The van der Waals surface area contributed by atoms with Crippen molar-refractivity contribution in [2.45, 2.75) is 13.1 Å². The molecule has 2 heterocycles. The number of H-pyrrole nitrogens is 1. The molecule has 2 rings (SSSR count). The number of methoxy groups -OCH3 is 1. The van der Waals surface area contributed by atoms with Gasteiger partial charge >= 0.3 is 5.69 Å². The lowest BCUT2D eigenvalue weighted by Crippen LogP contribution is -2.34. The summed E-state index contributed by atoms with van der Waals surface area (Å²) in [5, 5.41) is 2.93. The second-order valence-corrected chi connectivity index (χ2v) is 4.38. The molecule has 21 heavy (non-hydrogen) atoms. The minimum absolute atomic E-state index is 0.0877. The molecule has 0 radical (unpaired) electrons. The Labute approximate surface area is 120 Å². The first-order chi connectivity index (χ1) is 10.1. The monoisotopic (exact) mass is 291 g/mol. The highest BCUT2D eigenvalue weighted by molar-refractivity contribution is 5.60. The number of rotatable bonds is 6. The van der Waals surface area contributed by atoms with Gasteiger partial charge < -0.3 is 15.8 Å². The van der Waals surface area contributed by atoms with Gasteiger partial charge in [-0.2, -0.15) is 0 Å². The largest absolute Gasteiger partial charge is 0.383 e. The molecule has 0 aliphatic rings. The number of nitrogens with zero attached hydrogens (tertiary/aromatic N) is 2. The molecule has 0 atom stereocenters. The summed E-state index contributed by atoms with van der Waals surface area (Å²) in [6.45, 7) is 0.960.